The van der Waals surface area contributed by atoms with E-state index in [-0.39, 0.29) is 16.9 Å². The van der Waals surface area contributed by atoms with Crippen molar-refractivity contribution in [3.8, 4) is 17.5 Å². The molecule has 1 aromatic carbocycles. The number of rotatable bonds is 3. The first-order chi connectivity index (χ1) is 10.0. The lowest BCUT2D eigenvalue weighted by Gasteiger charge is -2.11. The van der Waals surface area contributed by atoms with Crippen LogP contribution >= 0.6 is 15.9 Å². The summed E-state index contributed by atoms with van der Waals surface area (Å²) in [6.45, 7) is 0. The Bertz CT molecular complexity index is 747. The average molecular weight is 350 g/mol. The van der Waals surface area contributed by atoms with E-state index in [9.17, 15) is 4.79 Å². The van der Waals surface area contributed by atoms with Gasteiger partial charge in [0, 0.05) is 10.7 Å². The average Bonchev–Trinajstić information content (AvgIpc) is 2.82. The number of carbonyl (C=O) groups excluding carboxylic acids is 1. The molecule has 0 fully saturated rings. The summed E-state index contributed by atoms with van der Waals surface area (Å²) in [5, 5.41) is 9.08. The molecular formula is C14H12BrN3O3. The molecule has 2 N–H and O–H groups in total. The molecule has 0 atom stereocenters. The van der Waals surface area contributed by atoms with Crippen molar-refractivity contribution in [2.75, 3.05) is 20.0 Å². The van der Waals surface area contributed by atoms with Gasteiger partial charge in [-0.15, -0.1) is 0 Å². The zero-order valence-corrected chi connectivity index (χ0v) is 13.0. The Balaban J connectivity index is 2.69. The zero-order chi connectivity index (χ0) is 15.6. The van der Waals surface area contributed by atoms with Gasteiger partial charge in [0.2, 0.25) is 0 Å². The van der Waals surface area contributed by atoms with Crippen LogP contribution in [0.4, 0.5) is 5.69 Å². The molecule has 0 amide bonds. The summed E-state index contributed by atoms with van der Waals surface area (Å²) in [6.07, 6.45) is 1.49. The maximum Gasteiger partial charge on any atom is 0.357 e. The third kappa shape index (κ3) is 2.58. The molecule has 1 heterocycles. The van der Waals surface area contributed by atoms with E-state index in [2.05, 4.69) is 15.9 Å². The highest BCUT2D eigenvalue weighted by Gasteiger charge is 2.22. The normalized spacial score (nSPS) is 10.0. The first kappa shape index (κ1) is 14.9. The minimum absolute atomic E-state index is 0.0899. The second-order valence-corrected chi connectivity index (χ2v) is 4.95. The van der Waals surface area contributed by atoms with E-state index < -0.39 is 5.97 Å². The highest BCUT2D eigenvalue weighted by molar-refractivity contribution is 9.10. The van der Waals surface area contributed by atoms with Crippen molar-refractivity contribution in [3.05, 3.63) is 40.1 Å². The number of esters is 1. The number of ether oxygens (including phenoxy) is 2. The summed E-state index contributed by atoms with van der Waals surface area (Å²) in [6, 6.07) is 7.19. The van der Waals surface area contributed by atoms with Crippen LogP contribution in [0.25, 0.3) is 5.69 Å². The standard InChI is InChI=1S/C14H12BrN3O3/c1-20-9-3-4-11(10(15)5-9)18-7-8(6-16)12(17)13(18)14(19)21-2/h3-5,7H,17H2,1-2H3. The van der Waals surface area contributed by atoms with Crippen LogP contribution in [0.2, 0.25) is 0 Å². The number of nitrogens with zero attached hydrogens (tertiary/aromatic N) is 2. The highest BCUT2D eigenvalue weighted by Crippen LogP contribution is 2.31. The molecule has 0 aliphatic heterocycles. The fourth-order valence-electron chi connectivity index (χ4n) is 1.91. The monoisotopic (exact) mass is 349 g/mol. The molecule has 6 nitrogen and oxygen atoms in total. The first-order valence-electron chi connectivity index (χ1n) is 5.86. The van der Waals surface area contributed by atoms with Gasteiger partial charge in [-0.1, -0.05) is 0 Å². The number of nitrogen functional groups attached to an aromatic ring is 1. The summed E-state index contributed by atoms with van der Waals surface area (Å²) in [5.74, 6) is 0.0441. The number of nitrogens with two attached hydrogens (primary N) is 1. The molecule has 2 rings (SSSR count). The third-order valence-corrected chi connectivity index (χ3v) is 3.59. The molecule has 0 aliphatic rings. The molecule has 21 heavy (non-hydrogen) atoms. The predicted molar refractivity (Wildman–Crippen MR) is 80.5 cm³/mol. The summed E-state index contributed by atoms with van der Waals surface area (Å²) >= 11 is 3.41. The number of benzene rings is 1. The molecule has 0 saturated heterocycles. The molecule has 0 saturated carbocycles. The van der Waals surface area contributed by atoms with Crippen LogP contribution < -0.4 is 10.5 Å². The third-order valence-electron chi connectivity index (χ3n) is 2.96. The Morgan fingerprint density at radius 3 is 2.67 bits per heavy atom. The summed E-state index contributed by atoms with van der Waals surface area (Å²) in [5.41, 5.74) is 6.90. The molecule has 0 unspecified atom stereocenters. The van der Waals surface area contributed by atoms with Crippen LogP contribution in [0, 0.1) is 11.3 Å². The van der Waals surface area contributed by atoms with Gasteiger partial charge in [-0.25, -0.2) is 4.79 Å². The van der Waals surface area contributed by atoms with Crippen LogP contribution in [0.5, 0.6) is 5.75 Å². The zero-order valence-electron chi connectivity index (χ0n) is 11.4. The van der Waals surface area contributed by atoms with Gasteiger partial charge in [-0.05, 0) is 34.1 Å². The second-order valence-electron chi connectivity index (χ2n) is 4.10. The molecular weight excluding hydrogens is 338 g/mol. The number of carbonyl (C=O) groups is 1. The number of halogens is 1. The Hall–Kier alpha value is -2.46. The number of nitriles is 1. The molecule has 0 aliphatic carbocycles. The van der Waals surface area contributed by atoms with Crippen molar-refractivity contribution in [2.24, 2.45) is 0 Å². The number of methoxy groups -OCH3 is 2. The minimum atomic E-state index is -0.614. The Kier molecular flexibility index (Phi) is 4.19. The van der Waals surface area contributed by atoms with Crippen LogP contribution in [-0.4, -0.2) is 24.8 Å². The van der Waals surface area contributed by atoms with E-state index >= 15 is 0 Å². The van der Waals surface area contributed by atoms with Crippen molar-refractivity contribution in [1.29, 1.82) is 5.26 Å². The van der Waals surface area contributed by atoms with Crippen molar-refractivity contribution in [3.63, 3.8) is 0 Å². The van der Waals surface area contributed by atoms with E-state index in [1.54, 1.807) is 25.3 Å². The fraction of sp³-hybridized carbons (Fsp3) is 0.143. The van der Waals surface area contributed by atoms with Gasteiger partial charge in [-0.3, -0.25) is 0 Å². The number of anilines is 1. The molecule has 0 radical (unpaired) electrons. The minimum Gasteiger partial charge on any atom is -0.497 e. The maximum atomic E-state index is 11.9. The van der Waals surface area contributed by atoms with Gasteiger partial charge in [0.05, 0.1) is 31.2 Å². The predicted octanol–water partition coefficient (Wildman–Crippen LogP) is 2.49. The lowest BCUT2D eigenvalue weighted by Crippen LogP contribution is -2.11. The Morgan fingerprint density at radius 1 is 1.43 bits per heavy atom. The number of hydrogen-bond donors (Lipinski definition) is 1. The van der Waals surface area contributed by atoms with Crippen LogP contribution in [0.15, 0.2) is 28.9 Å². The lowest BCUT2D eigenvalue weighted by atomic mass is 10.2. The first-order valence-corrected chi connectivity index (χ1v) is 6.66. The number of aromatic nitrogens is 1. The smallest absolute Gasteiger partial charge is 0.357 e. The van der Waals surface area contributed by atoms with Gasteiger partial charge in [-0.2, -0.15) is 5.26 Å². The fourth-order valence-corrected chi connectivity index (χ4v) is 2.46. The molecule has 2 aromatic rings. The number of hydrogen-bond acceptors (Lipinski definition) is 5. The molecule has 108 valence electrons. The van der Waals surface area contributed by atoms with E-state index in [1.807, 2.05) is 6.07 Å². The van der Waals surface area contributed by atoms with Crippen molar-refractivity contribution < 1.29 is 14.3 Å². The second kappa shape index (κ2) is 5.89. The molecule has 7 heteroatoms. The Labute approximate surface area is 129 Å². The molecule has 0 spiro atoms. The Morgan fingerprint density at radius 2 is 2.14 bits per heavy atom. The van der Waals surface area contributed by atoms with Crippen LogP contribution in [0.3, 0.4) is 0 Å². The summed E-state index contributed by atoms with van der Waals surface area (Å²) in [7, 11) is 2.82. The topological polar surface area (TPSA) is 90.3 Å². The van der Waals surface area contributed by atoms with Crippen LogP contribution in [-0.2, 0) is 4.74 Å². The largest absolute Gasteiger partial charge is 0.497 e. The van der Waals surface area contributed by atoms with E-state index in [0.29, 0.717) is 15.9 Å². The van der Waals surface area contributed by atoms with Crippen molar-refractivity contribution in [2.45, 2.75) is 0 Å². The molecule has 0 bridgehead atoms. The van der Waals surface area contributed by atoms with Gasteiger partial charge >= 0.3 is 5.97 Å². The van der Waals surface area contributed by atoms with Crippen molar-refractivity contribution in [1.82, 2.24) is 4.57 Å². The molecule has 1 aromatic heterocycles. The summed E-state index contributed by atoms with van der Waals surface area (Å²) in [4.78, 5) is 11.9. The lowest BCUT2D eigenvalue weighted by molar-refractivity contribution is 0.0593. The maximum absolute atomic E-state index is 11.9. The quantitative estimate of drug-likeness (QED) is 0.859. The van der Waals surface area contributed by atoms with Crippen molar-refractivity contribution >= 4 is 27.6 Å². The van der Waals surface area contributed by atoms with Gasteiger partial charge in [0.15, 0.2) is 5.69 Å². The highest BCUT2D eigenvalue weighted by atomic mass is 79.9. The van der Waals surface area contributed by atoms with Gasteiger partial charge < -0.3 is 19.8 Å². The van der Waals surface area contributed by atoms with Gasteiger partial charge in [0.25, 0.3) is 0 Å². The van der Waals surface area contributed by atoms with E-state index in [0.717, 1.165) is 0 Å². The van der Waals surface area contributed by atoms with E-state index in [4.69, 9.17) is 20.5 Å². The van der Waals surface area contributed by atoms with Gasteiger partial charge in [0.1, 0.15) is 11.8 Å². The van der Waals surface area contributed by atoms with Crippen LogP contribution in [0.1, 0.15) is 16.1 Å². The summed E-state index contributed by atoms with van der Waals surface area (Å²) < 4.78 is 12.1. The SMILES string of the molecule is COC(=O)c1c(N)c(C#N)cn1-c1ccc(OC)cc1Br. The van der Waals surface area contributed by atoms with E-state index in [1.165, 1.54) is 17.9 Å².